The van der Waals surface area contributed by atoms with Gasteiger partial charge >= 0.3 is 0 Å². The fraction of sp³-hybridized carbons (Fsp3) is 0.385. The number of hydrogen-bond acceptors (Lipinski definition) is 5. The number of ether oxygens (including phenoxy) is 1. The first kappa shape index (κ1) is 23.5. The lowest BCUT2D eigenvalue weighted by Gasteiger charge is -2.26. The SMILES string of the molecule is Cc1ccc(C2/C(=C(/O)c3ccc(OC(C)C)cc3)C(=O)C(=O)N2CCCN(C)C)cc1. The van der Waals surface area contributed by atoms with E-state index in [0.29, 0.717) is 17.9 Å². The molecule has 1 heterocycles. The third-order valence-corrected chi connectivity index (χ3v) is 5.44. The average Bonchev–Trinajstić information content (AvgIpc) is 2.99. The van der Waals surface area contributed by atoms with Crippen LogP contribution >= 0.6 is 0 Å². The number of ketones is 1. The first-order valence-electron chi connectivity index (χ1n) is 11.0. The van der Waals surface area contributed by atoms with Crippen LogP contribution in [0.1, 0.15) is 43.0 Å². The van der Waals surface area contributed by atoms with Crippen molar-refractivity contribution in [3.05, 3.63) is 70.8 Å². The van der Waals surface area contributed by atoms with Gasteiger partial charge in [0.2, 0.25) is 0 Å². The summed E-state index contributed by atoms with van der Waals surface area (Å²) < 4.78 is 5.66. The van der Waals surface area contributed by atoms with E-state index in [2.05, 4.69) is 0 Å². The summed E-state index contributed by atoms with van der Waals surface area (Å²) in [5, 5.41) is 11.1. The summed E-state index contributed by atoms with van der Waals surface area (Å²) in [6.45, 7) is 7.08. The van der Waals surface area contributed by atoms with Gasteiger partial charge in [-0.1, -0.05) is 29.8 Å². The zero-order valence-electron chi connectivity index (χ0n) is 19.5. The van der Waals surface area contributed by atoms with Gasteiger partial charge in [0.25, 0.3) is 11.7 Å². The van der Waals surface area contributed by atoms with E-state index in [9.17, 15) is 14.7 Å². The fourth-order valence-electron chi connectivity index (χ4n) is 3.88. The van der Waals surface area contributed by atoms with Gasteiger partial charge in [-0.05, 0) is 77.7 Å². The Kier molecular flexibility index (Phi) is 7.36. The second-order valence-electron chi connectivity index (χ2n) is 8.75. The number of nitrogens with zero attached hydrogens (tertiary/aromatic N) is 2. The van der Waals surface area contributed by atoms with Gasteiger partial charge in [-0.3, -0.25) is 9.59 Å². The van der Waals surface area contributed by atoms with Crippen LogP contribution in [-0.4, -0.2) is 59.9 Å². The van der Waals surface area contributed by atoms with E-state index < -0.39 is 17.7 Å². The average molecular weight is 437 g/mol. The second-order valence-corrected chi connectivity index (χ2v) is 8.75. The third-order valence-electron chi connectivity index (χ3n) is 5.44. The number of carbonyl (C=O) groups excluding carboxylic acids is 2. The Morgan fingerprint density at radius 1 is 1.06 bits per heavy atom. The highest BCUT2D eigenvalue weighted by Crippen LogP contribution is 2.39. The minimum atomic E-state index is -0.652. The van der Waals surface area contributed by atoms with Crippen LogP contribution in [0.4, 0.5) is 0 Å². The number of likely N-dealkylation sites (tertiary alicyclic amines) is 1. The molecular weight excluding hydrogens is 404 g/mol. The molecule has 1 saturated heterocycles. The molecule has 1 aliphatic rings. The molecule has 1 atom stereocenters. The van der Waals surface area contributed by atoms with Crippen molar-refractivity contribution in [2.75, 3.05) is 27.2 Å². The normalized spacial score (nSPS) is 18.1. The van der Waals surface area contributed by atoms with Crippen LogP contribution in [0.25, 0.3) is 5.76 Å². The third kappa shape index (κ3) is 5.19. The highest BCUT2D eigenvalue weighted by molar-refractivity contribution is 6.46. The zero-order chi connectivity index (χ0) is 23.4. The summed E-state index contributed by atoms with van der Waals surface area (Å²) in [7, 11) is 3.94. The van der Waals surface area contributed by atoms with Crippen LogP contribution in [0, 0.1) is 6.92 Å². The number of amides is 1. The van der Waals surface area contributed by atoms with Crippen molar-refractivity contribution in [2.45, 2.75) is 39.3 Å². The summed E-state index contributed by atoms with van der Waals surface area (Å²) in [6.07, 6.45) is 0.757. The van der Waals surface area contributed by atoms with E-state index in [1.54, 1.807) is 29.2 Å². The largest absolute Gasteiger partial charge is 0.507 e. The topological polar surface area (TPSA) is 70.1 Å². The quantitative estimate of drug-likeness (QED) is 0.382. The molecule has 0 bridgehead atoms. The molecule has 1 aliphatic heterocycles. The molecule has 6 nitrogen and oxygen atoms in total. The number of Topliss-reactive ketones (excluding diaryl/α,β-unsaturated/α-hetero) is 1. The van der Waals surface area contributed by atoms with Crippen LogP contribution in [0.5, 0.6) is 5.75 Å². The Morgan fingerprint density at radius 3 is 2.25 bits per heavy atom. The molecule has 0 spiro atoms. The van der Waals surface area contributed by atoms with Crippen LogP contribution in [0.15, 0.2) is 54.1 Å². The molecule has 170 valence electrons. The van der Waals surface area contributed by atoms with Crippen molar-refractivity contribution in [3.8, 4) is 5.75 Å². The standard InChI is InChI=1S/C26H32N2O4/c1-17(2)32-21-13-11-20(12-14-21)24(29)22-23(19-9-7-18(3)8-10-19)28(26(31)25(22)30)16-6-15-27(4)5/h7-14,17,23,29H,6,15-16H2,1-5H3/b24-22-. The smallest absolute Gasteiger partial charge is 0.295 e. The number of aliphatic hydroxyl groups excluding tert-OH is 1. The Balaban J connectivity index is 2.03. The van der Waals surface area contributed by atoms with E-state index in [1.165, 1.54) is 0 Å². The Labute approximate surface area is 190 Å². The molecule has 0 aliphatic carbocycles. The van der Waals surface area contributed by atoms with Crippen LogP contribution < -0.4 is 4.74 Å². The monoisotopic (exact) mass is 436 g/mol. The first-order valence-corrected chi connectivity index (χ1v) is 11.0. The van der Waals surface area contributed by atoms with Crippen molar-refractivity contribution >= 4 is 17.4 Å². The predicted molar refractivity (Wildman–Crippen MR) is 126 cm³/mol. The minimum Gasteiger partial charge on any atom is -0.507 e. The predicted octanol–water partition coefficient (Wildman–Crippen LogP) is 4.16. The number of carbonyl (C=O) groups is 2. The van der Waals surface area contributed by atoms with Crippen molar-refractivity contribution in [1.29, 1.82) is 0 Å². The highest BCUT2D eigenvalue weighted by Gasteiger charge is 2.45. The summed E-state index contributed by atoms with van der Waals surface area (Å²) >= 11 is 0. The summed E-state index contributed by atoms with van der Waals surface area (Å²) in [6, 6.07) is 14.0. The maximum Gasteiger partial charge on any atom is 0.295 e. The van der Waals surface area contributed by atoms with Gasteiger partial charge < -0.3 is 19.6 Å². The van der Waals surface area contributed by atoms with Crippen LogP contribution in [0.3, 0.4) is 0 Å². The van der Waals surface area contributed by atoms with E-state index in [-0.39, 0.29) is 17.4 Å². The maximum atomic E-state index is 13.0. The lowest BCUT2D eigenvalue weighted by Crippen LogP contribution is -2.32. The van der Waals surface area contributed by atoms with Crippen molar-refractivity contribution in [2.24, 2.45) is 0 Å². The lowest BCUT2D eigenvalue weighted by atomic mass is 9.94. The van der Waals surface area contributed by atoms with Crippen LogP contribution in [-0.2, 0) is 9.59 Å². The molecule has 0 aromatic heterocycles. The highest BCUT2D eigenvalue weighted by atomic mass is 16.5. The number of benzene rings is 2. The van der Waals surface area contributed by atoms with Gasteiger partial charge in [0.05, 0.1) is 17.7 Å². The van der Waals surface area contributed by atoms with E-state index in [4.69, 9.17) is 4.74 Å². The molecule has 6 heteroatoms. The van der Waals surface area contributed by atoms with Gasteiger partial charge in [-0.2, -0.15) is 0 Å². The molecule has 1 unspecified atom stereocenters. The second kappa shape index (κ2) is 10.0. The molecule has 0 radical (unpaired) electrons. The molecule has 32 heavy (non-hydrogen) atoms. The van der Waals surface area contributed by atoms with Crippen molar-refractivity contribution < 1.29 is 19.4 Å². The van der Waals surface area contributed by atoms with Crippen LogP contribution in [0.2, 0.25) is 0 Å². The zero-order valence-corrected chi connectivity index (χ0v) is 19.5. The molecule has 2 aromatic rings. The maximum absolute atomic E-state index is 13.0. The molecule has 3 rings (SSSR count). The fourth-order valence-corrected chi connectivity index (χ4v) is 3.88. The first-order chi connectivity index (χ1) is 15.2. The molecular formula is C26H32N2O4. The molecule has 2 aromatic carbocycles. The molecule has 0 saturated carbocycles. The van der Waals surface area contributed by atoms with E-state index in [0.717, 1.165) is 24.1 Å². The number of aliphatic hydroxyl groups is 1. The van der Waals surface area contributed by atoms with Crippen molar-refractivity contribution in [3.63, 3.8) is 0 Å². The Morgan fingerprint density at radius 2 is 1.69 bits per heavy atom. The van der Waals surface area contributed by atoms with Gasteiger partial charge in [0, 0.05) is 12.1 Å². The summed E-state index contributed by atoms with van der Waals surface area (Å²) in [5.74, 6) is -0.716. The van der Waals surface area contributed by atoms with Gasteiger partial charge in [-0.25, -0.2) is 0 Å². The summed E-state index contributed by atoms with van der Waals surface area (Å²) in [5.41, 5.74) is 2.49. The Hall–Kier alpha value is -3.12. The Bertz CT molecular complexity index is 991. The summed E-state index contributed by atoms with van der Waals surface area (Å²) in [4.78, 5) is 29.6. The van der Waals surface area contributed by atoms with Gasteiger partial charge in [-0.15, -0.1) is 0 Å². The number of aryl methyl sites for hydroxylation is 1. The number of rotatable bonds is 8. The van der Waals surface area contributed by atoms with E-state index >= 15 is 0 Å². The van der Waals surface area contributed by atoms with Crippen molar-refractivity contribution in [1.82, 2.24) is 9.80 Å². The molecule has 1 fully saturated rings. The minimum absolute atomic E-state index is 0.0310. The molecule has 1 amide bonds. The van der Waals surface area contributed by atoms with Gasteiger partial charge in [0.15, 0.2) is 0 Å². The van der Waals surface area contributed by atoms with E-state index in [1.807, 2.05) is 64.0 Å². The molecule has 1 N–H and O–H groups in total. The number of hydrogen-bond donors (Lipinski definition) is 1. The van der Waals surface area contributed by atoms with Gasteiger partial charge in [0.1, 0.15) is 11.5 Å². The lowest BCUT2D eigenvalue weighted by molar-refractivity contribution is -0.139.